The van der Waals surface area contributed by atoms with E-state index in [9.17, 15) is 19.5 Å². The molecule has 1 aromatic heterocycles. The lowest BCUT2D eigenvalue weighted by Crippen LogP contribution is -2.44. The number of aromatic nitrogens is 3. The van der Waals surface area contributed by atoms with Crippen molar-refractivity contribution in [3.63, 3.8) is 0 Å². The molecule has 0 radical (unpaired) electrons. The van der Waals surface area contributed by atoms with Gasteiger partial charge in [-0.15, -0.1) is 0 Å². The molecule has 1 aliphatic rings. The van der Waals surface area contributed by atoms with E-state index in [1.807, 2.05) is 55.5 Å². The van der Waals surface area contributed by atoms with Gasteiger partial charge >= 0.3 is 17.3 Å². The molecule has 0 saturated heterocycles. The molecule has 3 aromatic rings. The van der Waals surface area contributed by atoms with E-state index >= 15 is 0 Å². The summed E-state index contributed by atoms with van der Waals surface area (Å²) in [5.74, 6) is -1.15. The Balaban J connectivity index is 1.65. The van der Waals surface area contributed by atoms with Gasteiger partial charge in [0.05, 0.1) is 18.6 Å². The second kappa shape index (κ2) is 10.6. The number of carbonyl (C=O) groups is 1. The Hall–Kier alpha value is -3.88. The molecular formula is C26H30N4O5. The van der Waals surface area contributed by atoms with E-state index < -0.39 is 23.3 Å². The molecule has 1 fully saturated rings. The minimum absolute atomic E-state index is 0.0873. The van der Waals surface area contributed by atoms with Gasteiger partial charge in [0.2, 0.25) is 5.95 Å². The molecule has 2 aromatic carbocycles. The number of nitrogens with zero attached hydrogens (tertiary/aromatic N) is 3. The third kappa shape index (κ3) is 5.98. The lowest BCUT2D eigenvalue weighted by molar-refractivity contribution is -0.141. The first-order valence-corrected chi connectivity index (χ1v) is 11.8. The van der Waals surface area contributed by atoms with E-state index in [0.717, 1.165) is 34.3 Å². The van der Waals surface area contributed by atoms with Crippen molar-refractivity contribution in [2.45, 2.75) is 58.7 Å². The van der Waals surface area contributed by atoms with E-state index in [0.29, 0.717) is 5.69 Å². The van der Waals surface area contributed by atoms with Crippen LogP contribution >= 0.6 is 0 Å². The van der Waals surface area contributed by atoms with Crippen LogP contribution < -0.4 is 21.4 Å². The van der Waals surface area contributed by atoms with E-state index in [1.54, 1.807) is 0 Å². The fourth-order valence-corrected chi connectivity index (χ4v) is 4.10. The Morgan fingerprint density at radius 2 is 1.74 bits per heavy atom. The van der Waals surface area contributed by atoms with E-state index in [4.69, 9.17) is 4.74 Å². The monoisotopic (exact) mass is 478 g/mol. The zero-order valence-corrected chi connectivity index (χ0v) is 19.9. The summed E-state index contributed by atoms with van der Waals surface area (Å²) in [7, 11) is 0. The maximum Gasteiger partial charge on any atom is 0.354 e. The van der Waals surface area contributed by atoms with Crippen molar-refractivity contribution in [2.24, 2.45) is 5.92 Å². The van der Waals surface area contributed by atoms with Crippen LogP contribution in [0.1, 0.15) is 43.7 Å². The Morgan fingerprint density at radius 3 is 2.37 bits per heavy atom. The van der Waals surface area contributed by atoms with Crippen LogP contribution in [0.15, 0.2) is 58.1 Å². The maximum atomic E-state index is 13.3. The lowest BCUT2D eigenvalue weighted by atomic mass is 10.1. The summed E-state index contributed by atoms with van der Waals surface area (Å²) in [6.07, 6.45) is 4.74. The largest absolute Gasteiger partial charge is 0.490 e. The fourth-order valence-electron chi connectivity index (χ4n) is 4.10. The van der Waals surface area contributed by atoms with E-state index in [2.05, 4.69) is 10.3 Å². The molecule has 9 nitrogen and oxygen atoms in total. The zero-order valence-electron chi connectivity index (χ0n) is 19.9. The Kier molecular flexibility index (Phi) is 7.33. The highest BCUT2D eigenvalue weighted by Crippen LogP contribution is 2.25. The number of aryl methyl sites for hydroxylation is 1. The molecule has 0 aliphatic heterocycles. The van der Waals surface area contributed by atoms with Crippen LogP contribution in [0.4, 0.5) is 11.6 Å². The van der Waals surface area contributed by atoms with Gasteiger partial charge in [-0.25, -0.2) is 14.2 Å². The van der Waals surface area contributed by atoms with Crippen LogP contribution in [-0.2, 0) is 17.9 Å². The molecule has 184 valence electrons. The summed E-state index contributed by atoms with van der Waals surface area (Å²) in [6.45, 7) is 3.32. The van der Waals surface area contributed by atoms with Crippen molar-refractivity contribution in [3.8, 4) is 5.75 Å². The van der Waals surface area contributed by atoms with Gasteiger partial charge in [-0.1, -0.05) is 36.8 Å². The SMILES string of the molecule is Cc1ccc(Cn2c(Nc3ccc(OC4CCCC4)cc3)nc(=O)n(C[C@H](C)C(=O)O)c2=O)cc1. The Bertz CT molecular complexity index is 1290. The predicted molar refractivity (Wildman–Crippen MR) is 132 cm³/mol. The second-order valence-corrected chi connectivity index (χ2v) is 9.10. The zero-order chi connectivity index (χ0) is 24.9. The number of nitrogens with one attached hydrogen (secondary N) is 1. The highest BCUT2D eigenvalue weighted by Gasteiger charge is 2.19. The summed E-state index contributed by atoms with van der Waals surface area (Å²) >= 11 is 0. The molecule has 0 amide bonds. The molecule has 1 saturated carbocycles. The molecule has 0 spiro atoms. The smallest absolute Gasteiger partial charge is 0.354 e. The van der Waals surface area contributed by atoms with E-state index in [1.165, 1.54) is 24.3 Å². The standard InChI is InChI=1S/C26H30N4O5/c1-17-7-9-19(10-8-17)16-29-24(28-25(33)30(26(29)34)15-18(2)23(31)32)27-20-11-13-22(14-12-20)35-21-5-3-4-6-21/h7-14,18,21H,3-6,15-16H2,1-2H3,(H,31,32)(H,27,28,33)/t18-/m0/s1. The van der Waals surface area contributed by atoms with Crippen LogP contribution in [0.5, 0.6) is 5.75 Å². The minimum Gasteiger partial charge on any atom is -0.490 e. The van der Waals surface area contributed by atoms with Crippen LogP contribution in [0.3, 0.4) is 0 Å². The number of carboxylic acid groups (broad SMARTS) is 1. The summed E-state index contributed by atoms with van der Waals surface area (Å²) in [5, 5.41) is 12.3. The molecular weight excluding hydrogens is 448 g/mol. The van der Waals surface area contributed by atoms with Crippen LogP contribution in [0.25, 0.3) is 0 Å². The van der Waals surface area contributed by atoms with Gasteiger partial charge in [0.25, 0.3) is 0 Å². The molecule has 1 heterocycles. The molecule has 1 atom stereocenters. The van der Waals surface area contributed by atoms with Gasteiger partial charge in [0, 0.05) is 12.2 Å². The van der Waals surface area contributed by atoms with Crippen molar-refractivity contribution in [2.75, 3.05) is 5.32 Å². The van der Waals surface area contributed by atoms with Gasteiger partial charge < -0.3 is 15.2 Å². The number of anilines is 2. The molecule has 1 aliphatic carbocycles. The van der Waals surface area contributed by atoms with Gasteiger partial charge in [-0.05, 0) is 62.4 Å². The summed E-state index contributed by atoms with van der Waals surface area (Å²) in [5.41, 5.74) is 1.15. The number of benzene rings is 2. The highest BCUT2D eigenvalue weighted by atomic mass is 16.5. The lowest BCUT2D eigenvalue weighted by Gasteiger charge is -2.17. The molecule has 0 bridgehead atoms. The molecule has 9 heteroatoms. The predicted octanol–water partition coefficient (Wildman–Crippen LogP) is 3.55. The molecule has 4 rings (SSSR count). The van der Waals surface area contributed by atoms with Gasteiger partial charge in [0.1, 0.15) is 5.75 Å². The van der Waals surface area contributed by atoms with Gasteiger partial charge in [0.15, 0.2) is 0 Å². The van der Waals surface area contributed by atoms with Gasteiger partial charge in [-0.2, -0.15) is 4.98 Å². The third-order valence-corrected chi connectivity index (χ3v) is 6.20. The van der Waals surface area contributed by atoms with Crippen LogP contribution in [0.2, 0.25) is 0 Å². The summed E-state index contributed by atoms with van der Waals surface area (Å²) in [6, 6.07) is 15.0. The maximum absolute atomic E-state index is 13.3. The van der Waals surface area contributed by atoms with Crippen molar-refractivity contribution < 1.29 is 14.6 Å². The Labute approximate surface area is 203 Å². The highest BCUT2D eigenvalue weighted by molar-refractivity contribution is 5.69. The average Bonchev–Trinajstić information content (AvgIpc) is 3.34. The number of ether oxygens (including phenoxy) is 1. The first-order valence-electron chi connectivity index (χ1n) is 11.8. The topological polar surface area (TPSA) is 115 Å². The number of aliphatic carboxylic acids is 1. The molecule has 0 unspecified atom stereocenters. The van der Waals surface area contributed by atoms with Gasteiger partial charge in [-0.3, -0.25) is 9.36 Å². The average molecular weight is 479 g/mol. The number of hydrogen-bond acceptors (Lipinski definition) is 6. The first-order chi connectivity index (χ1) is 16.8. The third-order valence-electron chi connectivity index (χ3n) is 6.20. The first kappa shape index (κ1) is 24.3. The molecule has 35 heavy (non-hydrogen) atoms. The van der Waals surface area contributed by atoms with Crippen LogP contribution in [0, 0.1) is 12.8 Å². The van der Waals surface area contributed by atoms with Crippen LogP contribution in [-0.4, -0.2) is 31.3 Å². The summed E-state index contributed by atoms with van der Waals surface area (Å²) in [4.78, 5) is 41.4. The van der Waals surface area contributed by atoms with Crippen molar-refractivity contribution in [3.05, 3.63) is 80.6 Å². The quantitative estimate of drug-likeness (QED) is 0.483. The molecule has 2 N–H and O–H groups in total. The number of carboxylic acids is 1. The fraction of sp³-hybridized carbons (Fsp3) is 0.385. The second-order valence-electron chi connectivity index (χ2n) is 9.10. The van der Waals surface area contributed by atoms with E-state index in [-0.39, 0.29) is 25.1 Å². The van der Waals surface area contributed by atoms with Crippen molar-refractivity contribution >= 4 is 17.6 Å². The number of hydrogen-bond donors (Lipinski definition) is 2. The van der Waals surface area contributed by atoms with Crippen molar-refractivity contribution in [1.29, 1.82) is 0 Å². The summed E-state index contributed by atoms with van der Waals surface area (Å²) < 4.78 is 8.23. The number of rotatable bonds is 9. The normalized spacial score (nSPS) is 14.6. The van der Waals surface area contributed by atoms with Crippen molar-refractivity contribution in [1.82, 2.24) is 14.1 Å². The Morgan fingerprint density at radius 1 is 1.09 bits per heavy atom. The minimum atomic E-state index is -1.09.